The number of fused-ring (bicyclic) bond motifs is 1. The topological polar surface area (TPSA) is 115 Å². The summed E-state index contributed by atoms with van der Waals surface area (Å²) in [7, 11) is 1.63. The second-order valence-electron chi connectivity index (χ2n) is 6.35. The maximum Gasteiger partial charge on any atom is 0.221 e. The van der Waals surface area contributed by atoms with E-state index in [0.717, 1.165) is 52.3 Å². The van der Waals surface area contributed by atoms with Crippen LogP contribution in [0.2, 0.25) is 0 Å². The standard InChI is InChI=1S/C20H20N6O.2ClH/c1-27-13-7-5-12(6-8-13)18-11-26(20(23)24-18)25-17-10-9-14-15(17)3-2-4-16(14)19(21)22;;/h2-8,11H,9-10H2,1H3,(H3,21,22)(H2,23,24);2*1H. The van der Waals surface area contributed by atoms with E-state index in [9.17, 15) is 0 Å². The number of hydrogen-bond donors (Lipinski definition) is 3. The van der Waals surface area contributed by atoms with Crippen LogP contribution in [-0.4, -0.2) is 28.3 Å². The van der Waals surface area contributed by atoms with E-state index in [4.69, 9.17) is 21.6 Å². The number of nitrogen functional groups attached to an aromatic ring is 2. The number of ether oxygens (including phenoxy) is 1. The largest absolute Gasteiger partial charge is 0.497 e. The number of anilines is 1. The number of imidazole rings is 1. The van der Waals surface area contributed by atoms with Crippen LogP contribution in [0.4, 0.5) is 5.95 Å². The predicted molar refractivity (Wildman–Crippen MR) is 121 cm³/mol. The molecule has 5 N–H and O–H groups in total. The molecule has 4 rings (SSSR count). The molecule has 1 aromatic heterocycles. The third-order valence-corrected chi connectivity index (χ3v) is 4.72. The molecule has 0 amide bonds. The molecule has 0 spiro atoms. The number of methoxy groups -OCH3 is 1. The molecule has 9 heteroatoms. The van der Waals surface area contributed by atoms with E-state index in [2.05, 4.69) is 10.1 Å². The van der Waals surface area contributed by atoms with Gasteiger partial charge in [-0.1, -0.05) is 18.2 Å². The van der Waals surface area contributed by atoms with Crippen molar-refractivity contribution >= 4 is 42.3 Å². The molecule has 1 heterocycles. The van der Waals surface area contributed by atoms with Crippen LogP contribution in [-0.2, 0) is 6.42 Å². The number of rotatable bonds is 4. The van der Waals surface area contributed by atoms with Crippen molar-refractivity contribution in [2.24, 2.45) is 10.8 Å². The maximum absolute atomic E-state index is 7.75. The minimum Gasteiger partial charge on any atom is -0.497 e. The predicted octanol–water partition coefficient (Wildman–Crippen LogP) is 3.47. The first-order valence-corrected chi connectivity index (χ1v) is 8.60. The lowest BCUT2D eigenvalue weighted by Crippen LogP contribution is -2.13. The molecule has 1 aliphatic carbocycles. The van der Waals surface area contributed by atoms with E-state index in [0.29, 0.717) is 5.95 Å². The second kappa shape index (κ2) is 8.98. The molecule has 1 aliphatic rings. The fourth-order valence-electron chi connectivity index (χ4n) is 3.36. The SMILES string of the molecule is COc1ccc(-c2cn(N=C3CCc4c(C(=N)N)cccc43)c(N)n2)cc1.Cl.Cl. The second-order valence-corrected chi connectivity index (χ2v) is 6.35. The smallest absolute Gasteiger partial charge is 0.221 e. The van der Waals surface area contributed by atoms with Gasteiger partial charge in [0.25, 0.3) is 0 Å². The summed E-state index contributed by atoms with van der Waals surface area (Å²) in [5, 5.41) is 12.4. The van der Waals surface area contributed by atoms with Crippen molar-refractivity contribution in [1.29, 1.82) is 5.41 Å². The molecular weight excluding hydrogens is 411 g/mol. The molecule has 2 aromatic carbocycles. The van der Waals surface area contributed by atoms with Gasteiger partial charge in [0.15, 0.2) is 0 Å². The van der Waals surface area contributed by atoms with Crippen LogP contribution in [0.3, 0.4) is 0 Å². The number of benzene rings is 2. The first-order valence-electron chi connectivity index (χ1n) is 8.60. The Morgan fingerprint density at radius 2 is 1.86 bits per heavy atom. The summed E-state index contributed by atoms with van der Waals surface area (Å²) in [6.45, 7) is 0. The normalized spacial score (nSPS) is 13.3. The number of aromatic nitrogens is 2. The lowest BCUT2D eigenvalue weighted by Gasteiger charge is -2.06. The monoisotopic (exact) mass is 432 g/mol. The summed E-state index contributed by atoms with van der Waals surface area (Å²) in [4.78, 5) is 4.42. The third kappa shape index (κ3) is 4.21. The minimum absolute atomic E-state index is 0. The Labute approximate surface area is 181 Å². The average molecular weight is 433 g/mol. The van der Waals surface area contributed by atoms with E-state index >= 15 is 0 Å². The van der Waals surface area contributed by atoms with Gasteiger partial charge in [-0.25, -0.2) is 9.66 Å². The van der Waals surface area contributed by atoms with Crippen LogP contribution in [0.1, 0.15) is 23.1 Å². The van der Waals surface area contributed by atoms with Gasteiger partial charge in [0.1, 0.15) is 11.6 Å². The van der Waals surface area contributed by atoms with Crippen molar-refractivity contribution in [3.05, 3.63) is 65.4 Å². The molecule has 0 fully saturated rings. The zero-order valence-electron chi connectivity index (χ0n) is 15.8. The summed E-state index contributed by atoms with van der Waals surface area (Å²) in [6.07, 6.45) is 3.40. The molecule has 3 aromatic rings. The summed E-state index contributed by atoms with van der Waals surface area (Å²) in [6, 6.07) is 13.4. The number of nitrogens with two attached hydrogens (primary N) is 2. The molecule has 152 valence electrons. The van der Waals surface area contributed by atoms with Crippen molar-refractivity contribution in [1.82, 2.24) is 9.66 Å². The maximum atomic E-state index is 7.75. The van der Waals surface area contributed by atoms with Gasteiger partial charge in [-0.2, -0.15) is 5.10 Å². The van der Waals surface area contributed by atoms with E-state index < -0.39 is 0 Å². The Morgan fingerprint density at radius 1 is 1.14 bits per heavy atom. The summed E-state index contributed by atoms with van der Waals surface area (Å²) >= 11 is 0. The van der Waals surface area contributed by atoms with E-state index in [1.165, 1.54) is 0 Å². The molecule has 29 heavy (non-hydrogen) atoms. The fraction of sp³-hybridized carbons (Fsp3) is 0.150. The Balaban J connectivity index is 0.00000150. The number of hydrogen-bond acceptors (Lipinski definition) is 5. The van der Waals surface area contributed by atoms with E-state index in [1.54, 1.807) is 11.8 Å². The van der Waals surface area contributed by atoms with Gasteiger partial charge in [-0.3, -0.25) is 5.41 Å². The Kier molecular flexibility index (Phi) is 6.89. The lowest BCUT2D eigenvalue weighted by molar-refractivity contribution is 0.415. The van der Waals surface area contributed by atoms with Gasteiger partial charge in [0, 0.05) is 16.7 Å². The van der Waals surface area contributed by atoms with Gasteiger partial charge in [0.05, 0.1) is 24.7 Å². The van der Waals surface area contributed by atoms with Crippen molar-refractivity contribution in [3.8, 4) is 17.0 Å². The van der Waals surface area contributed by atoms with Gasteiger partial charge < -0.3 is 16.2 Å². The zero-order chi connectivity index (χ0) is 19.0. The van der Waals surface area contributed by atoms with Crippen LogP contribution < -0.4 is 16.2 Å². The summed E-state index contributed by atoms with van der Waals surface area (Å²) in [5.74, 6) is 1.19. The molecular formula is C20H22Cl2N6O. The molecule has 0 atom stereocenters. The van der Waals surface area contributed by atoms with Crippen LogP contribution in [0.15, 0.2) is 53.8 Å². The zero-order valence-corrected chi connectivity index (χ0v) is 17.4. The van der Waals surface area contributed by atoms with Gasteiger partial charge in [-0.05, 0) is 42.7 Å². The van der Waals surface area contributed by atoms with Gasteiger partial charge in [0.2, 0.25) is 5.95 Å². The summed E-state index contributed by atoms with van der Waals surface area (Å²) in [5.41, 5.74) is 17.2. The van der Waals surface area contributed by atoms with E-state index in [1.807, 2.05) is 48.7 Å². The number of halogens is 2. The molecule has 7 nitrogen and oxygen atoms in total. The number of nitrogens with one attached hydrogen (secondary N) is 1. The highest BCUT2D eigenvalue weighted by Crippen LogP contribution is 2.27. The van der Waals surface area contributed by atoms with Crippen molar-refractivity contribution in [3.63, 3.8) is 0 Å². The molecule has 0 aliphatic heterocycles. The van der Waals surface area contributed by atoms with Gasteiger partial charge in [-0.15, -0.1) is 24.8 Å². The Hall–Kier alpha value is -3.03. The van der Waals surface area contributed by atoms with Crippen molar-refractivity contribution in [2.75, 3.05) is 12.8 Å². The molecule has 0 bridgehead atoms. The minimum atomic E-state index is 0. The van der Waals surface area contributed by atoms with Crippen LogP contribution >= 0.6 is 24.8 Å². The lowest BCUT2D eigenvalue weighted by atomic mass is 10.0. The van der Waals surface area contributed by atoms with E-state index in [-0.39, 0.29) is 30.6 Å². The Bertz CT molecular complexity index is 1060. The highest BCUT2D eigenvalue weighted by atomic mass is 35.5. The van der Waals surface area contributed by atoms with Crippen molar-refractivity contribution < 1.29 is 4.74 Å². The first kappa shape index (κ1) is 22.3. The average Bonchev–Trinajstić information content (AvgIpc) is 3.26. The molecule has 0 saturated heterocycles. The van der Waals surface area contributed by atoms with Crippen LogP contribution in [0.25, 0.3) is 11.3 Å². The third-order valence-electron chi connectivity index (χ3n) is 4.72. The van der Waals surface area contributed by atoms with Crippen LogP contribution in [0.5, 0.6) is 5.75 Å². The first-order chi connectivity index (χ1) is 13.1. The quantitative estimate of drug-likeness (QED) is 0.432. The summed E-state index contributed by atoms with van der Waals surface area (Å²) < 4.78 is 6.79. The van der Waals surface area contributed by atoms with Crippen LogP contribution in [0, 0.1) is 5.41 Å². The molecule has 0 unspecified atom stereocenters. The van der Waals surface area contributed by atoms with Crippen molar-refractivity contribution in [2.45, 2.75) is 12.8 Å². The fourth-order valence-corrected chi connectivity index (χ4v) is 3.36. The highest BCUT2D eigenvalue weighted by Gasteiger charge is 2.22. The molecule has 0 radical (unpaired) electrons. The number of amidine groups is 1. The Morgan fingerprint density at radius 3 is 2.52 bits per heavy atom. The highest BCUT2D eigenvalue weighted by molar-refractivity contribution is 6.08. The van der Waals surface area contributed by atoms with Gasteiger partial charge >= 0.3 is 0 Å². The molecule has 0 saturated carbocycles. The number of nitrogens with zero attached hydrogens (tertiary/aromatic N) is 3.